The SMILES string of the molecule is CCCNC(CCC)c1cccc(Cl)c1F. The van der Waals surface area contributed by atoms with Crippen LogP contribution in [0.3, 0.4) is 0 Å². The van der Waals surface area contributed by atoms with Crippen LogP contribution in [0.15, 0.2) is 18.2 Å². The molecule has 1 unspecified atom stereocenters. The van der Waals surface area contributed by atoms with E-state index in [0.717, 1.165) is 25.8 Å². The highest BCUT2D eigenvalue weighted by Crippen LogP contribution is 2.26. The maximum absolute atomic E-state index is 13.8. The fourth-order valence-electron chi connectivity index (χ4n) is 1.76. The number of rotatable bonds is 6. The van der Waals surface area contributed by atoms with E-state index in [1.54, 1.807) is 12.1 Å². The van der Waals surface area contributed by atoms with E-state index in [1.807, 2.05) is 6.07 Å². The molecular weight excluding hydrogens is 225 g/mol. The third-order valence-corrected chi connectivity index (χ3v) is 2.87. The van der Waals surface area contributed by atoms with Crippen molar-refractivity contribution >= 4 is 11.6 Å². The Bertz CT molecular complexity index is 328. The predicted octanol–water partition coefficient (Wildman–Crippen LogP) is 4.32. The smallest absolute Gasteiger partial charge is 0.146 e. The van der Waals surface area contributed by atoms with E-state index in [0.29, 0.717) is 5.56 Å². The standard InChI is InChI=1S/C13H19ClFN/c1-3-6-12(16-9-4-2)10-7-5-8-11(14)13(10)15/h5,7-8,12,16H,3-4,6,9H2,1-2H3. The fraction of sp³-hybridized carbons (Fsp3) is 0.538. The fourth-order valence-corrected chi connectivity index (χ4v) is 1.95. The first-order valence-electron chi connectivity index (χ1n) is 5.88. The summed E-state index contributed by atoms with van der Waals surface area (Å²) in [5.41, 5.74) is 0.683. The molecule has 90 valence electrons. The van der Waals surface area contributed by atoms with Crippen LogP contribution in [0.1, 0.15) is 44.7 Å². The van der Waals surface area contributed by atoms with E-state index in [1.165, 1.54) is 0 Å². The summed E-state index contributed by atoms with van der Waals surface area (Å²) < 4.78 is 13.8. The number of halogens is 2. The zero-order valence-electron chi connectivity index (χ0n) is 9.89. The summed E-state index contributed by atoms with van der Waals surface area (Å²) >= 11 is 5.79. The lowest BCUT2D eigenvalue weighted by atomic mass is 10.0. The molecule has 1 N–H and O–H groups in total. The lowest BCUT2D eigenvalue weighted by Crippen LogP contribution is -2.23. The minimum absolute atomic E-state index is 0.0728. The van der Waals surface area contributed by atoms with Crippen LogP contribution >= 0.6 is 11.6 Å². The molecule has 1 nitrogen and oxygen atoms in total. The molecule has 0 spiro atoms. The summed E-state index contributed by atoms with van der Waals surface area (Å²) in [6.45, 7) is 5.10. The highest BCUT2D eigenvalue weighted by Gasteiger charge is 2.15. The van der Waals surface area contributed by atoms with Crippen LogP contribution in [0.4, 0.5) is 4.39 Å². The molecule has 0 aromatic heterocycles. The third-order valence-electron chi connectivity index (χ3n) is 2.57. The van der Waals surface area contributed by atoms with Crippen molar-refractivity contribution in [2.75, 3.05) is 6.54 Å². The minimum Gasteiger partial charge on any atom is -0.310 e. The van der Waals surface area contributed by atoms with E-state index in [-0.39, 0.29) is 16.9 Å². The summed E-state index contributed by atoms with van der Waals surface area (Å²) in [5.74, 6) is -0.286. The number of nitrogens with one attached hydrogen (secondary N) is 1. The number of benzene rings is 1. The molecule has 0 saturated carbocycles. The monoisotopic (exact) mass is 243 g/mol. The number of hydrogen-bond acceptors (Lipinski definition) is 1. The van der Waals surface area contributed by atoms with Crippen LogP contribution in [-0.2, 0) is 0 Å². The maximum Gasteiger partial charge on any atom is 0.146 e. The van der Waals surface area contributed by atoms with Gasteiger partial charge in [-0.05, 0) is 25.5 Å². The Hall–Kier alpha value is -0.600. The molecule has 1 aromatic rings. The Balaban J connectivity index is 2.86. The lowest BCUT2D eigenvalue weighted by Gasteiger charge is -2.19. The lowest BCUT2D eigenvalue weighted by molar-refractivity contribution is 0.469. The number of hydrogen-bond donors (Lipinski definition) is 1. The quantitative estimate of drug-likeness (QED) is 0.785. The van der Waals surface area contributed by atoms with Gasteiger partial charge < -0.3 is 5.32 Å². The van der Waals surface area contributed by atoms with Crippen molar-refractivity contribution in [1.82, 2.24) is 5.32 Å². The zero-order chi connectivity index (χ0) is 12.0. The topological polar surface area (TPSA) is 12.0 Å². The molecule has 3 heteroatoms. The second-order valence-electron chi connectivity index (χ2n) is 3.94. The van der Waals surface area contributed by atoms with Gasteiger partial charge in [0.25, 0.3) is 0 Å². The Morgan fingerprint density at radius 1 is 1.31 bits per heavy atom. The van der Waals surface area contributed by atoms with Gasteiger partial charge in [-0.3, -0.25) is 0 Å². The summed E-state index contributed by atoms with van der Waals surface area (Å²) in [4.78, 5) is 0. The second kappa shape index (κ2) is 6.87. The normalized spacial score (nSPS) is 12.8. The van der Waals surface area contributed by atoms with Crippen molar-refractivity contribution in [3.05, 3.63) is 34.6 Å². The molecule has 0 fully saturated rings. The van der Waals surface area contributed by atoms with Gasteiger partial charge in [-0.1, -0.05) is 44.0 Å². The van der Waals surface area contributed by atoms with Crippen molar-refractivity contribution in [2.24, 2.45) is 0 Å². The van der Waals surface area contributed by atoms with Crippen LogP contribution in [0.2, 0.25) is 5.02 Å². The molecule has 16 heavy (non-hydrogen) atoms. The van der Waals surface area contributed by atoms with E-state index in [4.69, 9.17) is 11.6 Å². The zero-order valence-corrected chi connectivity index (χ0v) is 10.6. The van der Waals surface area contributed by atoms with E-state index < -0.39 is 0 Å². The Morgan fingerprint density at radius 2 is 2.06 bits per heavy atom. The van der Waals surface area contributed by atoms with Gasteiger partial charge in [0.2, 0.25) is 0 Å². The highest BCUT2D eigenvalue weighted by atomic mass is 35.5. The van der Waals surface area contributed by atoms with Crippen molar-refractivity contribution in [1.29, 1.82) is 0 Å². The van der Waals surface area contributed by atoms with Crippen molar-refractivity contribution in [3.8, 4) is 0 Å². The molecular formula is C13H19ClFN. The summed E-state index contributed by atoms with van der Waals surface area (Å²) in [6.07, 6.45) is 2.99. The summed E-state index contributed by atoms with van der Waals surface area (Å²) in [5, 5.41) is 3.56. The molecule has 0 heterocycles. The van der Waals surface area contributed by atoms with E-state index in [9.17, 15) is 4.39 Å². The van der Waals surface area contributed by atoms with Gasteiger partial charge >= 0.3 is 0 Å². The average Bonchev–Trinajstić information content (AvgIpc) is 2.28. The largest absolute Gasteiger partial charge is 0.310 e. The molecule has 1 atom stereocenters. The van der Waals surface area contributed by atoms with Gasteiger partial charge in [0.1, 0.15) is 5.82 Å². The van der Waals surface area contributed by atoms with Crippen molar-refractivity contribution in [2.45, 2.75) is 39.2 Å². The van der Waals surface area contributed by atoms with Gasteiger partial charge in [-0.2, -0.15) is 0 Å². The first-order chi connectivity index (χ1) is 7.70. The summed E-state index contributed by atoms with van der Waals surface area (Å²) in [6, 6.07) is 5.27. The van der Waals surface area contributed by atoms with Crippen LogP contribution in [0.5, 0.6) is 0 Å². The molecule has 0 saturated heterocycles. The molecule has 0 aliphatic carbocycles. The molecule has 1 aromatic carbocycles. The Kier molecular flexibility index (Phi) is 5.78. The van der Waals surface area contributed by atoms with Gasteiger partial charge in [0.15, 0.2) is 0 Å². The molecule has 0 bridgehead atoms. The van der Waals surface area contributed by atoms with E-state index in [2.05, 4.69) is 19.2 Å². The summed E-state index contributed by atoms with van der Waals surface area (Å²) in [7, 11) is 0. The first-order valence-corrected chi connectivity index (χ1v) is 6.25. The van der Waals surface area contributed by atoms with Crippen LogP contribution in [-0.4, -0.2) is 6.54 Å². The highest BCUT2D eigenvalue weighted by molar-refractivity contribution is 6.30. The van der Waals surface area contributed by atoms with Gasteiger partial charge in [0.05, 0.1) is 5.02 Å². The first kappa shape index (κ1) is 13.5. The average molecular weight is 244 g/mol. The molecule has 0 aliphatic rings. The van der Waals surface area contributed by atoms with Crippen molar-refractivity contribution < 1.29 is 4.39 Å². The molecule has 0 radical (unpaired) electrons. The van der Waals surface area contributed by atoms with Gasteiger partial charge in [-0.25, -0.2) is 4.39 Å². The van der Waals surface area contributed by atoms with Crippen LogP contribution < -0.4 is 5.32 Å². The van der Waals surface area contributed by atoms with Crippen molar-refractivity contribution in [3.63, 3.8) is 0 Å². The predicted molar refractivity (Wildman–Crippen MR) is 67.4 cm³/mol. The van der Waals surface area contributed by atoms with E-state index >= 15 is 0 Å². The molecule has 0 aliphatic heterocycles. The molecule has 0 amide bonds. The maximum atomic E-state index is 13.8. The Labute approximate surface area is 102 Å². The second-order valence-corrected chi connectivity index (χ2v) is 4.35. The van der Waals surface area contributed by atoms with Crippen LogP contribution in [0.25, 0.3) is 0 Å². The minimum atomic E-state index is -0.286. The van der Waals surface area contributed by atoms with Crippen LogP contribution in [0, 0.1) is 5.82 Å². The third kappa shape index (κ3) is 3.46. The van der Waals surface area contributed by atoms with Gasteiger partial charge in [-0.15, -0.1) is 0 Å². The Morgan fingerprint density at radius 3 is 2.69 bits per heavy atom. The molecule has 1 rings (SSSR count). The van der Waals surface area contributed by atoms with Gasteiger partial charge in [0, 0.05) is 11.6 Å².